The SMILES string of the molecule is COC(=O)C1CCCN1C(=O)CCBr. The summed E-state index contributed by atoms with van der Waals surface area (Å²) in [5.74, 6) is -0.278. The quantitative estimate of drug-likeness (QED) is 0.563. The summed E-state index contributed by atoms with van der Waals surface area (Å²) in [6.07, 6.45) is 2.04. The van der Waals surface area contributed by atoms with Gasteiger partial charge in [-0.1, -0.05) is 15.9 Å². The molecule has 1 atom stereocenters. The molecule has 1 aliphatic rings. The first-order valence-electron chi connectivity index (χ1n) is 4.64. The first-order chi connectivity index (χ1) is 6.70. The van der Waals surface area contributed by atoms with Crippen molar-refractivity contribution in [1.29, 1.82) is 0 Å². The summed E-state index contributed by atoms with van der Waals surface area (Å²) in [4.78, 5) is 24.5. The van der Waals surface area contributed by atoms with Gasteiger partial charge in [0.25, 0.3) is 0 Å². The van der Waals surface area contributed by atoms with Gasteiger partial charge in [0.05, 0.1) is 7.11 Å². The van der Waals surface area contributed by atoms with Crippen molar-refractivity contribution in [3.8, 4) is 0 Å². The van der Waals surface area contributed by atoms with E-state index in [2.05, 4.69) is 20.7 Å². The first-order valence-corrected chi connectivity index (χ1v) is 5.76. The summed E-state index contributed by atoms with van der Waals surface area (Å²) >= 11 is 3.21. The third-order valence-electron chi connectivity index (χ3n) is 2.35. The number of hydrogen-bond donors (Lipinski definition) is 0. The third-order valence-corrected chi connectivity index (χ3v) is 2.75. The zero-order valence-corrected chi connectivity index (χ0v) is 9.75. The van der Waals surface area contributed by atoms with Crippen LogP contribution in [0.4, 0.5) is 0 Å². The number of methoxy groups -OCH3 is 1. The van der Waals surface area contributed by atoms with Crippen LogP contribution in [0.5, 0.6) is 0 Å². The fourth-order valence-electron chi connectivity index (χ4n) is 1.67. The molecular weight excluding hydrogens is 250 g/mol. The Morgan fingerprint density at radius 3 is 2.86 bits per heavy atom. The molecule has 0 radical (unpaired) electrons. The summed E-state index contributed by atoms with van der Waals surface area (Å²) in [6.45, 7) is 0.672. The summed E-state index contributed by atoms with van der Waals surface area (Å²) in [5, 5.41) is 0.635. The highest BCUT2D eigenvalue weighted by molar-refractivity contribution is 9.09. The van der Waals surface area contributed by atoms with Crippen molar-refractivity contribution >= 4 is 27.8 Å². The fourth-order valence-corrected chi connectivity index (χ4v) is 2.01. The highest BCUT2D eigenvalue weighted by atomic mass is 79.9. The molecule has 1 unspecified atom stereocenters. The number of ether oxygens (including phenoxy) is 1. The number of likely N-dealkylation sites (tertiary alicyclic amines) is 1. The zero-order valence-electron chi connectivity index (χ0n) is 8.16. The second-order valence-electron chi connectivity index (χ2n) is 3.21. The molecule has 1 rings (SSSR count). The van der Waals surface area contributed by atoms with E-state index < -0.39 is 0 Å². The molecule has 0 aromatic rings. The van der Waals surface area contributed by atoms with E-state index >= 15 is 0 Å². The van der Waals surface area contributed by atoms with Gasteiger partial charge in [0.1, 0.15) is 6.04 Å². The molecule has 1 saturated heterocycles. The lowest BCUT2D eigenvalue weighted by atomic mass is 10.2. The minimum atomic E-state index is -0.355. The maximum Gasteiger partial charge on any atom is 0.328 e. The van der Waals surface area contributed by atoms with Gasteiger partial charge in [0.15, 0.2) is 0 Å². The Morgan fingerprint density at radius 1 is 1.57 bits per heavy atom. The van der Waals surface area contributed by atoms with Crippen molar-refractivity contribution in [3.05, 3.63) is 0 Å². The third kappa shape index (κ3) is 2.47. The lowest BCUT2D eigenvalue weighted by Crippen LogP contribution is -2.41. The van der Waals surface area contributed by atoms with Gasteiger partial charge in [-0.25, -0.2) is 4.79 Å². The van der Waals surface area contributed by atoms with Gasteiger partial charge in [-0.05, 0) is 12.8 Å². The lowest BCUT2D eigenvalue weighted by molar-refractivity contribution is -0.150. The predicted molar refractivity (Wildman–Crippen MR) is 55.2 cm³/mol. The number of carbonyl (C=O) groups excluding carboxylic acids is 2. The fraction of sp³-hybridized carbons (Fsp3) is 0.778. The van der Waals surface area contributed by atoms with Crippen molar-refractivity contribution in [3.63, 3.8) is 0 Å². The monoisotopic (exact) mass is 263 g/mol. The van der Waals surface area contributed by atoms with E-state index in [1.165, 1.54) is 7.11 Å². The Hall–Kier alpha value is -0.580. The van der Waals surface area contributed by atoms with Crippen molar-refractivity contribution in [2.45, 2.75) is 25.3 Å². The summed E-state index contributed by atoms with van der Waals surface area (Å²) in [5.41, 5.74) is 0. The molecule has 0 N–H and O–H groups in total. The Balaban J connectivity index is 2.59. The highest BCUT2D eigenvalue weighted by Crippen LogP contribution is 2.19. The molecule has 5 heteroatoms. The van der Waals surface area contributed by atoms with Gasteiger partial charge in [0.2, 0.25) is 5.91 Å². The Bertz CT molecular complexity index is 232. The summed E-state index contributed by atoms with van der Waals surface area (Å²) < 4.78 is 4.65. The van der Waals surface area contributed by atoms with Crippen LogP contribution in [0.1, 0.15) is 19.3 Å². The molecule has 0 spiro atoms. The molecule has 14 heavy (non-hydrogen) atoms. The van der Waals surface area contributed by atoms with Crippen LogP contribution in [0, 0.1) is 0 Å². The van der Waals surface area contributed by atoms with E-state index in [1.807, 2.05) is 0 Å². The van der Waals surface area contributed by atoms with E-state index in [0.29, 0.717) is 18.3 Å². The molecule has 0 aliphatic carbocycles. The summed E-state index contributed by atoms with van der Waals surface area (Å²) in [6, 6.07) is -0.355. The number of esters is 1. The normalized spacial score (nSPS) is 21.0. The van der Waals surface area contributed by atoms with Crippen LogP contribution < -0.4 is 0 Å². The molecule has 1 heterocycles. The Kier molecular flexibility index (Phi) is 4.38. The van der Waals surface area contributed by atoms with Crippen LogP contribution in [-0.2, 0) is 14.3 Å². The number of hydrogen-bond acceptors (Lipinski definition) is 3. The highest BCUT2D eigenvalue weighted by Gasteiger charge is 2.34. The van der Waals surface area contributed by atoms with Crippen LogP contribution in [0.3, 0.4) is 0 Å². The van der Waals surface area contributed by atoms with Crippen molar-refractivity contribution in [1.82, 2.24) is 4.90 Å². The number of nitrogens with zero attached hydrogens (tertiary/aromatic N) is 1. The number of rotatable bonds is 3. The molecule has 1 fully saturated rings. The predicted octanol–water partition coefficient (Wildman–Crippen LogP) is 0.935. The number of alkyl halides is 1. The molecule has 0 aromatic heterocycles. The molecule has 0 aromatic carbocycles. The molecule has 1 amide bonds. The number of carbonyl (C=O) groups is 2. The number of amides is 1. The van der Waals surface area contributed by atoms with Crippen LogP contribution in [0.2, 0.25) is 0 Å². The van der Waals surface area contributed by atoms with Crippen molar-refractivity contribution in [2.24, 2.45) is 0 Å². The second-order valence-corrected chi connectivity index (χ2v) is 4.00. The summed E-state index contributed by atoms with van der Waals surface area (Å²) in [7, 11) is 1.35. The van der Waals surface area contributed by atoms with E-state index in [0.717, 1.165) is 12.8 Å². The van der Waals surface area contributed by atoms with Crippen LogP contribution in [-0.4, -0.2) is 41.8 Å². The topological polar surface area (TPSA) is 46.6 Å². The molecule has 0 bridgehead atoms. The van der Waals surface area contributed by atoms with Gasteiger partial charge in [-0.15, -0.1) is 0 Å². The first kappa shape index (κ1) is 11.5. The van der Waals surface area contributed by atoms with Gasteiger partial charge < -0.3 is 9.64 Å². The molecule has 1 aliphatic heterocycles. The van der Waals surface area contributed by atoms with Gasteiger partial charge >= 0.3 is 5.97 Å². The zero-order chi connectivity index (χ0) is 10.6. The smallest absolute Gasteiger partial charge is 0.328 e. The Labute approximate surface area is 91.7 Å². The van der Waals surface area contributed by atoms with Gasteiger partial charge in [0, 0.05) is 18.3 Å². The number of halogens is 1. The second kappa shape index (κ2) is 5.34. The lowest BCUT2D eigenvalue weighted by Gasteiger charge is -2.22. The van der Waals surface area contributed by atoms with Crippen molar-refractivity contribution in [2.75, 3.05) is 19.0 Å². The van der Waals surface area contributed by atoms with Crippen LogP contribution >= 0.6 is 15.9 Å². The minimum Gasteiger partial charge on any atom is -0.467 e. The average molecular weight is 264 g/mol. The molecule has 0 saturated carbocycles. The maximum atomic E-state index is 11.6. The largest absolute Gasteiger partial charge is 0.467 e. The standard InChI is InChI=1S/C9H14BrNO3/c1-14-9(13)7-3-2-6-11(7)8(12)4-5-10/h7H,2-6H2,1H3. The maximum absolute atomic E-state index is 11.6. The van der Waals surface area contributed by atoms with Gasteiger partial charge in [-0.3, -0.25) is 4.79 Å². The van der Waals surface area contributed by atoms with Gasteiger partial charge in [-0.2, -0.15) is 0 Å². The molecule has 80 valence electrons. The van der Waals surface area contributed by atoms with E-state index in [4.69, 9.17) is 0 Å². The minimum absolute atomic E-state index is 0.0229. The molecular formula is C9H14BrNO3. The van der Waals surface area contributed by atoms with Crippen LogP contribution in [0.25, 0.3) is 0 Å². The van der Waals surface area contributed by atoms with Crippen LogP contribution in [0.15, 0.2) is 0 Å². The van der Waals surface area contributed by atoms with E-state index in [9.17, 15) is 9.59 Å². The van der Waals surface area contributed by atoms with Crippen molar-refractivity contribution < 1.29 is 14.3 Å². The Morgan fingerprint density at radius 2 is 2.29 bits per heavy atom. The molecule has 4 nitrogen and oxygen atoms in total. The van der Waals surface area contributed by atoms with E-state index in [-0.39, 0.29) is 17.9 Å². The average Bonchev–Trinajstić information content (AvgIpc) is 2.65. The van der Waals surface area contributed by atoms with E-state index in [1.54, 1.807) is 4.90 Å².